The summed E-state index contributed by atoms with van der Waals surface area (Å²) in [4.78, 5) is 26.6. The predicted octanol–water partition coefficient (Wildman–Crippen LogP) is 1.04. The molecule has 5 nitrogen and oxygen atoms in total. The molecular formula is C13H24N2O3. The van der Waals surface area contributed by atoms with Crippen molar-refractivity contribution in [3.05, 3.63) is 0 Å². The first-order valence-corrected chi connectivity index (χ1v) is 6.78. The maximum atomic E-state index is 12.0. The van der Waals surface area contributed by atoms with Crippen LogP contribution in [0.2, 0.25) is 0 Å². The molecule has 0 aromatic carbocycles. The van der Waals surface area contributed by atoms with E-state index in [1.54, 1.807) is 0 Å². The Balaban J connectivity index is 2.42. The molecule has 1 N–H and O–H groups in total. The molecule has 1 aliphatic rings. The smallest absolute Gasteiger partial charge is 0.303 e. The van der Waals surface area contributed by atoms with Crippen LogP contribution >= 0.6 is 0 Å². The summed E-state index contributed by atoms with van der Waals surface area (Å²) in [7, 11) is 0. The molecule has 0 saturated carbocycles. The monoisotopic (exact) mass is 256 g/mol. The number of nitrogens with zero attached hydrogens (tertiary/aromatic N) is 2. The summed E-state index contributed by atoms with van der Waals surface area (Å²) < 4.78 is 0. The van der Waals surface area contributed by atoms with E-state index in [1.165, 1.54) is 0 Å². The zero-order valence-electron chi connectivity index (χ0n) is 11.4. The molecule has 1 amide bonds. The molecule has 1 saturated heterocycles. The van der Waals surface area contributed by atoms with E-state index in [-0.39, 0.29) is 18.2 Å². The van der Waals surface area contributed by atoms with Gasteiger partial charge in [-0.05, 0) is 39.2 Å². The largest absolute Gasteiger partial charge is 0.481 e. The zero-order valence-corrected chi connectivity index (χ0v) is 11.4. The average Bonchev–Trinajstić information content (AvgIpc) is 2.30. The van der Waals surface area contributed by atoms with E-state index in [2.05, 4.69) is 4.90 Å². The normalized spacial score (nSPS) is 20.7. The van der Waals surface area contributed by atoms with Crippen molar-refractivity contribution in [1.82, 2.24) is 9.80 Å². The van der Waals surface area contributed by atoms with Gasteiger partial charge in [-0.15, -0.1) is 0 Å². The van der Waals surface area contributed by atoms with E-state index in [0.717, 1.165) is 39.0 Å². The molecule has 0 bridgehead atoms. The third kappa shape index (κ3) is 4.64. The molecule has 104 valence electrons. The first kappa shape index (κ1) is 15.0. The van der Waals surface area contributed by atoms with Gasteiger partial charge in [0.15, 0.2) is 0 Å². The van der Waals surface area contributed by atoms with E-state index in [9.17, 15) is 9.59 Å². The number of carbonyl (C=O) groups excluding carboxylic acids is 1. The number of carbonyl (C=O) groups is 2. The second-order valence-corrected chi connectivity index (χ2v) is 4.91. The number of likely N-dealkylation sites (tertiary alicyclic amines) is 1. The summed E-state index contributed by atoms with van der Waals surface area (Å²) in [6, 6.07) is 0. The highest BCUT2D eigenvalue weighted by Crippen LogP contribution is 2.19. The van der Waals surface area contributed by atoms with Gasteiger partial charge in [-0.3, -0.25) is 14.5 Å². The fraction of sp³-hybridized carbons (Fsp3) is 0.846. The van der Waals surface area contributed by atoms with Crippen LogP contribution in [0.3, 0.4) is 0 Å². The van der Waals surface area contributed by atoms with Crippen LogP contribution in [-0.2, 0) is 9.59 Å². The summed E-state index contributed by atoms with van der Waals surface area (Å²) in [6.07, 6.45) is 2.17. The highest BCUT2D eigenvalue weighted by atomic mass is 16.4. The van der Waals surface area contributed by atoms with Crippen molar-refractivity contribution in [2.24, 2.45) is 5.92 Å². The Morgan fingerprint density at radius 1 is 1.33 bits per heavy atom. The van der Waals surface area contributed by atoms with E-state index in [4.69, 9.17) is 5.11 Å². The average molecular weight is 256 g/mol. The van der Waals surface area contributed by atoms with Crippen molar-refractivity contribution >= 4 is 11.9 Å². The number of hydrogen-bond donors (Lipinski definition) is 1. The van der Waals surface area contributed by atoms with Gasteiger partial charge in [0, 0.05) is 26.1 Å². The summed E-state index contributed by atoms with van der Waals surface area (Å²) in [5, 5.41) is 8.80. The van der Waals surface area contributed by atoms with Gasteiger partial charge in [0.1, 0.15) is 0 Å². The standard InChI is InChI=1S/C13H24N2O3/c1-3-15(4-2)12(16)10-14-7-5-6-11(9-14)8-13(17)18/h11H,3-10H2,1-2H3,(H,17,18). The SMILES string of the molecule is CCN(CC)C(=O)CN1CCCC(CC(=O)O)C1. The van der Waals surface area contributed by atoms with Gasteiger partial charge in [0.2, 0.25) is 5.91 Å². The van der Waals surface area contributed by atoms with Gasteiger partial charge in [-0.1, -0.05) is 0 Å². The Morgan fingerprint density at radius 3 is 2.56 bits per heavy atom. The molecule has 0 aromatic heterocycles. The molecular weight excluding hydrogens is 232 g/mol. The van der Waals surface area contributed by atoms with Crippen molar-refractivity contribution < 1.29 is 14.7 Å². The van der Waals surface area contributed by atoms with Crippen LogP contribution in [0.5, 0.6) is 0 Å². The molecule has 0 radical (unpaired) electrons. The Bertz CT molecular complexity index is 290. The number of amides is 1. The van der Waals surface area contributed by atoms with Gasteiger partial charge in [-0.2, -0.15) is 0 Å². The lowest BCUT2D eigenvalue weighted by Crippen LogP contribution is -2.44. The van der Waals surface area contributed by atoms with Crippen molar-refractivity contribution in [1.29, 1.82) is 0 Å². The Kier molecular flexibility index (Phi) is 6.12. The molecule has 0 aliphatic carbocycles. The molecule has 0 aromatic rings. The maximum absolute atomic E-state index is 12.0. The molecule has 1 atom stereocenters. The third-order valence-electron chi connectivity index (χ3n) is 3.54. The highest BCUT2D eigenvalue weighted by Gasteiger charge is 2.24. The lowest BCUT2D eigenvalue weighted by Gasteiger charge is -2.32. The second-order valence-electron chi connectivity index (χ2n) is 4.91. The summed E-state index contributed by atoms with van der Waals surface area (Å²) in [5.41, 5.74) is 0. The van der Waals surface area contributed by atoms with Gasteiger partial charge in [0.05, 0.1) is 6.54 Å². The Labute approximate surface area is 109 Å². The van der Waals surface area contributed by atoms with E-state index in [1.807, 2.05) is 18.7 Å². The first-order valence-electron chi connectivity index (χ1n) is 6.78. The summed E-state index contributed by atoms with van der Waals surface area (Å²) in [5.74, 6) is -0.395. The lowest BCUT2D eigenvalue weighted by molar-refractivity contribution is -0.138. The number of rotatable bonds is 6. The van der Waals surface area contributed by atoms with Crippen LogP contribution in [0.15, 0.2) is 0 Å². The van der Waals surface area contributed by atoms with E-state index >= 15 is 0 Å². The number of carboxylic acids is 1. The maximum Gasteiger partial charge on any atom is 0.303 e. The molecule has 18 heavy (non-hydrogen) atoms. The fourth-order valence-corrected chi connectivity index (χ4v) is 2.58. The van der Waals surface area contributed by atoms with Crippen molar-refractivity contribution in [2.75, 3.05) is 32.7 Å². The van der Waals surface area contributed by atoms with Crippen LogP contribution in [0.4, 0.5) is 0 Å². The molecule has 1 rings (SSSR count). The van der Waals surface area contributed by atoms with Crippen molar-refractivity contribution in [3.8, 4) is 0 Å². The predicted molar refractivity (Wildman–Crippen MR) is 69.3 cm³/mol. The van der Waals surface area contributed by atoms with Crippen LogP contribution in [0.25, 0.3) is 0 Å². The van der Waals surface area contributed by atoms with E-state index in [0.29, 0.717) is 6.54 Å². The number of piperidine rings is 1. The van der Waals surface area contributed by atoms with Gasteiger partial charge in [0.25, 0.3) is 0 Å². The van der Waals surface area contributed by atoms with Crippen LogP contribution in [-0.4, -0.2) is 59.5 Å². The van der Waals surface area contributed by atoms with Gasteiger partial charge in [-0.25, -0.2) is 0 Å². The van der Waals surface area contributed by atoms with Crippen LogP contribution in [0.1, 0.15) is 33.1 Å². The van der Waals surface area contributed by atoms with Crippen LogP contribution < -0.4 is 0 Å². The minimum atomic E-state index is -0.739. The lowest BCUT2D eigenvalue weighted by atomic mass is 9.95. The van der Waals surface area contributed by atoms with Gasteiger partial charge >= 0.3 is 5.97 Å². The fourth-order valence-electron chi connectivity index (χ4n) is 2.58. The topological polar surface area (TPSA) is 60.9 Å². The number of aliphatic carboxylic acids is 1. The van der Waals surface area contributed by atoms with Crippen LogP contribution in [0, 0.1) is 5.92 Å². The zero-order chi connectivity index (χ0) is 13.5. The highest BCUT2D eigenvalue weighted by molar-refractivity contribution is 5.78. The summed E-state index contributed by atoms with van der Waals surface area (Å²) in [6.45, 7) is 7.50. The number of carboxylic acid groups (broad SMARTS) is 1. The Hall–Kier alpha value is -1.10. The van der Waals surface area contributed by atoms with Gasteiger partial charge < -0.3 is 10.0 Å². The number of hydrogen-bond acceptors (Lipinski definition) is 3. The number of likely N-dealkylation sites (N-methyl/N-ethyl adjacent to an activating group) is 1. The van der Waals surface area contributed by atoms with Crippen molar-refractivity contribution in [2.45, 2.75) is 33.1 Å². The molecule has 0 spiro atoms. The molecule has 1 fully saturated rings. The third-order valence-corrected chi connectivity index (χ3v) is 3.54. The molecule has 1 unspecified atom stereocenters. The second kappa shape index (κ2) is 7.36. The molecule has 1 aliphatic heterocycles. The molecule has 1 heterocycles. The summed E-state index contributed by atoms with van der Waals surface area (Å²) >= 11 is 0. The quantitative estimate of drug-likeness (QED) is 0.771. The minimum absolute atomic E-state index is 0.149. The molecule has 5 heteroatoms. The van der Waals surface area contributed by atoms with Crippen molar-refractivity contribution in [3.63, 3.8) is 0 Å². The minimum Gasteiger partial charge on any atom is -0.481 e. The Morgan fingerprint density at radius 2 is 2.00 bits per heavy atom. The van der Waals surface area contributed by atoms with E-state index < -0.39 is 5.97 Å². The first-order chi connectivity index (χ1) is 8.56.